The number of nitrogens with zero attached hydrogens (tertiary/aromatic N) is 4. The van der Waals surface area contributed by atoms with E-state index in [4.69, 9.17) is 14.2 Å². The highest BCUT2D eigenvalue weighted by atomic mass is 16.5. The van der Waals surface area contributed by atoms with E-state index < -0.39 is 0 Å². The van der Waals surface area contributed by atoms with Gasteiger partial charge >= 0.3 is 0 Å². The SMILES string of the molecule is CC(C)C(=O)CCCCCn1cc(COCCOCCOCCN=O)nn1. The molecule has 0 spiro atoms. The number of hydrogen-bond donors (Lipinski definition) is 0. The van der Waals surface area contributed by atoms with Gasteiger partial charge in [0, 0.05) is 18.9 Å². The molecule has 0 unspecified atom stereocenters. The first-order valence-electron chi connectivity index (χ1n) is 9.57. The third kappa shape index (κ3) is 12.3. The lowest BCUT2D eigenvalue weighted by Crippen LogP contribution is -2.10. The fourth-order valence-electron chi connectivity index (χ4n) is 2.27. The normalized spacial score (nSPS) is 11.2. The van der Waals surface area contributed by atoms with Crippen LogP contribution in [0.2, 0.25) is 0 Å². The van der Waals surface area contributed by atoms with E-state index in [-0.39, 0.29) is 12.5 Å². The molecule has 154 valence electrons. The summed E-state index contributed by atoms with van der Waals surface area (Å²) in [6.07, 6.45) is 5.47. The Bertz CT molecular complexity index is 522. The molecule has 0 radical (unpaired) electrons. The molecule has 1 aromatic heterocycles. The molecule has 0 amide bonds. The van der Waals surface area contributed by atoms with Crippen molar-refractivity contribution in [2.75, 3.05) is 39.6 Å². The van der Waals surface area contributed by atoms with Gasteiger partial charge in [-0.2, -0.15) is 4.91 Å². The zero-order valence-electron chi connectivity index (χ0n) is 16.5. The maximum absolute atomic E-state index is 11.5. The number of carbonyl (C=O) groups is 1. The Morgan fingerprint density at radius 2 is 1.78 bits per heavy atom. The second-order valence-corrected chi connectivity index (χ2v) is 6.53. The second kappa shape index (κ2) is 15.4. The maximum atomic E-state index is 11.5. The highest BCUT2D eigenvalue weighted by Gasteiger charge is 2.06. The molecule has 1 aromatic rings. The zero-order valence-corrected chi connectivity index (χ0v) is 16.5. The summed E-state index contributed by atoms with van der Waals surface area (Å²) >= 11 is 0. The molecule has 9 nitrogen and oxygen atoms in total. The van der Waals surface area contributed by atoms with Crippen LogP contribution < -0.4 is 0 Å². The molecule has 0 N–H and O–H groups in total. The monoisotopic (exact) mass is 384 g/mol. The van der Waals surface area contributed by atoms with E-state index in [1.54, 1.807) is 0 Å². The fourth-order valence-corrected chi connectivity index (χ4v) is 2.27. The number of Topliss-reactive ketones (excluding diaryl/α,β-unsaturated/α-hetero) is 1. The van der Waals surface area contributed by atoms with Crippen LogP contribution in [0.5, 0.6) is 0 Å². The first-order chi connectivity index (χ1) is 13.1. The molecule has 0 saturated carbocycles. The highest BCUT2D eigenvalue weighted by molar-refractivity contribution is 5.80. The van der Waals surface area contributed by atoms with Crippen LogP contribution in [-0.4, -0.2) is 60.4 Å². The van der Waals surface area contributed by atoms with Crippen molar-refractivity contribution in [2.24, 2.45) is 11.1 Å². The van der Waals surface area contributed by atoms with E-state index in [1.807, 2.05) is 24.7 Å². The lowest BCUT2D eigenvalue weighted by Gasteiger charge is -2.05. The van der Waals surface area contributed by atoms with Gasteiger partial charge in [0.2, 0.25) is 0 Å². The molecular formula is C18H32N4O5. The van der Waals surface area contributed by atoms with E-state index in [0.717, 1.165) is 31.5 Å². The van der Waals surface area contributed by atoms with Crippen LogP contribution in [0.4, 0.5) is 0 Å². The van der Waals surface area contributed by atoms with Gasteiger partial charge in [-0.15, -0.1) is 5.10 Å². The van der Waals surface area contributed by atoms with E-state index >= 15 is 0 Å². The van der Waals surface area contributed by atoms with Crippen molar-refractivity contribution >= 4 is 5.78 Å². The first-order valence-corrected chi connectivity index (χ1v) is 9.57. The van der Waals surface area contributed by atoms with Crippen LogP contribution in [-0.2, 0) is 32.2 Å². The Morgan fingerprint density at radius 3 is 2.48 bits per heavy atom. The van der Waals surface area contributed by atoms with Crippen LogP contribution in [0.3, 0.4) is 0 Å². The average molecular weight is 384 g/mol. The van der Waals surface area contributed by atoms with Crippen LogP contribution in [0.25, 0.3) is 0 Å². The number of carbonyl (C=O) groups excluding carboxylic acids is 1. The van der Waals surface area contributed by atoms with Crippen molar-refractivity contribution in [3.63, 3.8) is 0 Å². The summed E-state index contributed by atoms with van der Waals surface area (Å²) in [6, 6.07) is 0. The smallest absolute Gasteiger partial charge is 0.135 e. The van der Waals surface area contributed by atoms with Crippen LogP contribution >= 0.6 is 0 Å². The quantitative estimate of drug-likeness (QED) is 0.283. The largest absolute Gasteiger partial charge is 0.377 e. The molecule has 0 fully saturated rings. The number of aromatic nitrogens is 3. The number of ketones is 1. The van der Waals surface area contributed by atoms with Gasteiger partial charge in [0.15, 0.2) is 0 Å². The number of rotatable bonds is 18. The van der Waals surface area contributed by atoms with Crippen molar-refractivity contribution in [1.82, 2.24) is 15.0 Å². The average Bonchev–Trinajstić information content (AvgIpc) is 3.10. The van der Waals surface area contributed by atoms with Gasteiger partial charge < -0.3 is 14.2 Å². The topological polar surface area (TPSA) is 105 Å². The summed E-state index contributed by atoms with van der Waals surface area (Å²) in [6.45, 7) is 7.41. The third-order valence-corrected chi connectivity index (χ3v) is 3.86. The number of ether oxygens (including phenoxy) is 3. The molecule has 9 heteroatoms. The summed E-state index contributed by atoms with van der Waals surface area (Å²) in [5.74, 6) is 0.467. The Hall–Kier alpha value is -1.71. The van der Waals surface area contributed by atoms with E-state index in [0.29, 0.717) is 51.8 Å². The highest BCUT2D eigenvalue weighted by Crippen LogP contribution is 2.07. The number of nitroso groups, excluding NO2 is 1. The van der Waals surface area contributed by atoms with Crippen LogP contribution in [0.15, 0.2) is 11.4 Å². The minimum absolute atomic E-state index is 0.132. The van der Waals surface area contributed by atoms with Crippen molar-refractivity contribution in [3.8, 4) is 0 Å². The molecule has 0 aliphatic rings. The van der Waals surface area contributed by atoms with E-state index in [9.17, 15) is 9.70 Å². The van der Waals surface area contributed by atoms with Gasteiger partial charge in [-0.1, -0.05) is 30.7 Å². The van der Waals surface area contributed by atoms with Crippen molar-refractivity contribution < 1.29 is 19.0 Å². The second-order valence-electron chi connectivity index (χ2n) is 6.53. The minimum atomic E-state index is 0.132. The molecule has 0 bridgehead atoms. The summed E-state index contributed by atoms with van der Waals surface area (Å²) in [7, 11) is 0. The summed E-state index contributed by atoms with van der Waals surface area (Å²) in [4.78, 5) is 21.4. The molecule has 1 heterocycles. The van der Waals surface area contributed by atoms with Gasteiger partial charge in [0.1, 0.15) is 18.0 Å². The molecular weight excluding hydrogens is 352 g/mol. The van der Waals surface area contributed by atoms with Gasteiger partial charge in [-0.25, -0.2) is 0 Å². The lowest BCUT2D eigenvalue weighted by molar-refractivity contribution is -0.122. The summed E-state index contributed by atoms with van der Waals surface area (Å²) < 4.78 is 17.8. The third-order valence-electron chi connectivity index (χ3n) is 3.86. The predicted molar refractivity (Wildman–Crippen MR) is 100 cm³/mol. The molecule has 0 aliphatic heterocycles. The number of hydrogen-bond acceptors (Lipinski definition) is 8. The van der Waals surface area contributed by atoms with Crippen LogP contribution in [0, 0.1) is 10.8 Å². The van der Waals surface area contributed by atoms with Crippen molar-refractivity contribution in [1.29, 1.82) is 0 Å². The molecule has 1 rings (SSSR count). The van der Waals surface area contributed by atoms with Gasteiger partial charge in [-0.05, 0) is 12.8 Å². The molecule has 0 aromatic carbocycles. The molecule has 0 atom stereocenters. The van der Waals surface area contributed by atoms with Gasteiger partial charge in [0.05, 0.1) is 45.8 Å². The van der Waals surface area contributed by atoms with Gasteiger partial charge in [-0.3, -0.25) is 9.48 Å². The minimum Gasteiger partial charge on any atom is -0.377 e. The number of aryl methyl sites for hydroxylation is 1. The predicted octanol–water partition coefficient (Wildman–Crippen LogP) is 2.38. The Kier molecular flexibility index (Phi) is 13.3. The zero-order chi connectivity index (χ0) is 19.7. The molecule has 0 saturated heterocycles. The molecule has 27 heavy (non-hydrogen) atoms. The Morgan fingerprint density at radius 1 is 1.07 bits per heavy atom. The first kappa shape index (κ1) is 23.3. The number of unbranched alkanes of at least 4 members (excludes halogenated alkanes) is 2. The van der Waals surface area contributed by atoms with Crippen molar-refractivity contribution in [2.45, 2.75) is 52.7 Å². The van der Waals surface area contributed by atoms with Gasteiger partial charge in [0.25, 0.3) is 0 Å². The van der Waals surface area contributed by atoms with Crippen molar-refractivity contribution in [3.05, 3.63) is 16.8 Å². The van der Waals surface area contributed by atoms with E-state index in [2.05, 4.69) is 15.5 Å². The molecule has 0 aliphatic carbocycles. The summed E-state index contributed by atoms with van der Waals surface area (Å²) in [5.41, 5.74) is 0.787. The fraction of sp³-hybridized carbons (Fsp3) is 0.833. The van der Waals surface area contributed by atoms with Crippen LogP contribution in [0.1, 0.15) is 45.2 Å². The summed E-state index contributed by atoms with van der Waals surface area (Å²) in [5, 5.41) is 10.9. The van der Waals surface area contributed by atoms with E-state index in [1.165, 1.54) is 0 Å². The lowest BCUT2D eigenvalue weighted by atomic mass is 10.0. The Balaban J connectivity index is 1.97. The Labute approximate surface area is 160 Å². The maximum Gasteiger partial charge on any atom is 0.135 e. The standard InChI is InChI=1S/C18H32N4O5/c1-16(2)18(23)6-4-3-5-8-22-14-17(20-21-22)15-27-13-12-26-11-10-25-9-7-19-24/h14,16H,3-13,15H2,1-2H3.